The second-order valence-electron chi connectivity index (χ2n) is 6.41. The molecule has 0 bridgehead atoms. The zero-order valence-corrected chi connectivity index (χ0v) is 14.9. The van der Waals surface area contributed by atoms with Crippen molar-refractivity contribution < 1.29 is 18.3 Å². The number of aromatic nitrogens is 3. The Labute approximate surface area is 144 Å². The highest BCUT2D eigenvalue weighted by Crippen LogP contribution is 2.25. The van der Waals surface area contributed by atoms with Crippen LogP contribution in [0.1, 0.15) is 37.0 Å². The van der Waals surface area contributed by atoms with Gasteiger partial charge in [0.1, 0.15) is 12.6 Å². The minimum atomic E-state index is -4.38. The second kappa shape index (κ2) is 8.53. The number of nitrogens with zero attached hydrogens (tertiary/aromatic N) is 4. The molecule has 0 unspecified atom stereocenters. The van der Waals surface area contributed by atoms with Crippen LogP contribution in [0.15, 0.2) is 0 Å². The van der Waals surface area contributed by atoms with Gasteiger partial charge in [-0.15, -0.1) is 0 Å². The van der Waals surface area contributed by atoms with Gasteiger partial charge in [0.2, 0.25) is 0 Å². The van der Waals surface area contributed by atoms with Crippen LogP contribution in [0.3, 0.4) is 0 Å². The Bertz CT molecular complexity index is 515. The summed E-state index contributed by atoms with van der Waals surface area (Å²) in [6, 6.07) is 0. The molecule has 1 aliphatic rings. The van der Waals surface area contributed by atoms with E-state index in [1.54, 1.807) is 0 Å². The van der Waals surface area contributed by atoms with Crippen LogP contribution in [-0.4, -0.2) is 63.1 Å². The van der Waals surface area contributed by atoms with Gasteiger partial charge in [-0.2, -0.15) is 30.0 Å². The maximum absolute atomic E-state index is 12.8. The topological polar surface area (TPSA) is 54.2 Å². The monoisotopic (exact) mass is 366 g/mol. The van der Waals surface area contributed by atoms with E-state index in [9.17, 15) is 18.3 Å². The van der Waals surface area contributed by atoms with Crippen molar-refractivity contribution in [2.24, 2.45) is 5.92 Å². The minimum Gasteiger partial charge on any atom is -0.385 e. The fraction of sp³-hybridized carbons (Fsp3) is 0.867. The van der Waals surface area contributed by atoms with Crippen LogP contribution in [0.4, 0.5) is 13.2 Å². The summed E-state index contributed by atoms with van der Waals surface area (Å²) in [6.45, 7) is 0.757. The minimum absolute atomic E-state index is 0.0318. The first-order valence-electron chi connectivity index (χ1n) is 8.14. The summed E-state index contributed by atoms with van der Waals surface area (Å²) < 4.78 is 39.1. The Morgan fingerprint density at radius 1 is 1.33 bits per heavy atom. The van der Waals surface area contributed by atoms with E-state index in [-0.39, 0.29) is 5.82 Å². The number of piperidine rings is 1. The van der Waals surface area contributed by atoms with Crippen molar-refractivity contribution in [1.29, 1.82) is 0 Å². The molecule has 1 N–H and O–H groups in total. The van der Waals surface area contributed by atoms with Crippen LogP contribution in [0.5, 0.6) is 0 Å². The van der Waals surface area contributed by atoms with E-state index in [1.165, 1.54) is 11.8 Å². The van der Waals surface area contributed by atoms with Crippen molar-refractivity contribution in [3.8, 4) is 0 Å². The fourth-order valence-electron chi connectivity index (χ4n) is 2.91. The van der Waals surface area contributed by atoms with Gasteiger partial charge in [-0.3, -0.25) is 0 Å². The summed E-state index contributed by atoms with van der Waals surface area (Å²) in [7, 11) is 2.06. The third-order valence-corrected chi connectivity index (χ3v) is 4.92. The molecule has 0 amide bonds. The number of aliphatic hydroxyl groups excluding tert-OH is 1. The van der Waals surface area contributed by atoms with Crippen LogP contribution >= 0.6 is 11.8 Å². The number of hydrogen-bond acceptors (Lipinski definition) is 5. The first-order valence-corrected chi connectivity index (χ1v) is 9.54. The average molecular weight is 366 g/mol. The van der Waals surface area contributed by atoms with E-state index in [4.69, 9.17) is 0 Å². The van der Waals surface area contributed by atoms with Crippen LogP contribution in [0.25, 0.3) is 0 Å². The number of hydrogen-bond donors (Lipinski definition) is 1. The maximum Gasteiger partial charge on any atom is 0.408 e. The standard InChI is InChI=1S/C15H25F3N4OS/c1-21-6-3-11(4-7-21)9-13-19-14(12(23)5-8-24-2)22(20-13)10-15(16,17)18/h11-12,23H,3-10H2,1-2H3/t12-/m0/s1. The predicted octanol–water partition coefficient (Wildman–Crippen LogP) is 2.51. The molecule has 2 rings (SSSR count). The summed E-state index contributed by atoms with van der Waals surface area (Å²) in [4.78, 5) is 6.48. The van der Waals surface area contributed by atoms with Crippen molar-refractivity contribution in [2.75, 3.05) is 32.1 Å². The van der Waals surface area contributed by atoms with E-state index in [0.717, 1.165) is 30.6 Å². The molecule has 1 saturated heterocycles. The fourth-order valence-corrected chi connectivity index (χ4v) is 3.36. The van der Waals surface area contributed by atoms with Crippen LogP contribution in [-0.2, 0) is 13.0 Å². The lowest BCUT2D eigenvalue weighted by atomic mass is 9.94. The highest BCUT2D eigenvalue weighted by molar-refractivity contribution is 7.98. The largest absolute Gasteiger partial charge is 0.408 e. The smallest absolute Gasteiger partial charge is 0.385 e. The lowest BCUT2D eigenvalue weighted by molar-refractivity contribution is -0.143. The maximum atomic E-state index is 12.8. The molecule has 138 valence electrons. The second-order valence-corrected chi connectivity index (χ2v) is 7.39. The third kappa shape index (κ3) is 5.93. The number of thioether (sulfide) groups is 1. The Hall–Kier alpha value is -0.800. The van der Waals surface area contributed by atoms with Crippen LogP contribution < -0.4 is 0 Å². The van der Waals surface area contributed by atoms with Gasteiger partial charge in [0.15, 0.2) is 11.6 Å². The molecular weight excluding hydrogens is 341 g/mol. The highest BCUT2D eigenvalue weighted by Gasteiger charge is 2.32. The highest BCUT2D eigenvalue weighted by atomic mass is 32.2. The molecule has 9 heteroatoms. The zero-order chi connectivity index (χ0) is 17.7. The van der Waals surface area contributed by atoms with Crippen LogP contribution in [0, 0.1) is 5.92 Å². The molecular formula is C15H25F3N4OS. The molecule has 0 saturated carbocycles. The van der Waals surface area contributed by atoms with E-state index in [0.29, 0.717) is 30.3 Å². The molecule has 1 aliphatic heterocycles. The molecule has 1 atom stereocenters. The normalized spacial score (nSPS) is 18.9. The number of rotatable bonds is 7. The molecule has 1 aromatic heterocycles. The van der Waals surface area contributed by atoms with Gasteiger partial charge in [-0.05, 0) is 57.3 Å². The summed E-state index contributed by atoms with van der Waals surface area (Å²) in [5.74, 6) is 1.49. The van der Waals surface area contributed by atoms with E-state index in [2.05, 4.69) is 22.0 Å². The average Bonchev–Trinajstić information content (AvgIpc) is 2.87. The quantitative estimate of drug-likeness (QED) is 0.804. The molecule has 24 heavy (non-hydrogen) atoms. The molecule has 2 heterocycles. The molecule has 1 aromatic rings. The molecule has 5 nitrogen and oxygen atoms in total. The molecule has 0 radical (unpaired) electrons. The van der Waals surface area contributed by atoms with E-state index in [1.807, 2.05) is 6.26 Å². The summed E-state index contributed by atoms with van der Waals surface area (Å²) >= 11 is 1.53. The summed E-state index contributed by atoms with van der Waals surface area (Å²) in [5.41, 5.74) is 0. The molecule has 0 aliphatic carbocycles. The Balaban J connectivity index is 2.10. The number of alkyl halides is 3. The van der Waals surface area contributed by atoms with Gasteiger partial charge in [-0.25, -0.2) is 9.67 Å². The number of halogens is 3. The number of likely N-dealkylation sites (tertiary alicyclic amines) is 1. The van der Waals surface area contributed by atoms with E-state index < -0.39 is 18.8 Å². The summed E-state index contributed by atoms with van der Waals surface area (Å²) in [5, 5.41) is 14.2. The van der Waals surface area contributed by atoms with Gasteiger partial charge in [0, 0.05) is 6.42 Å². The lowest BCUT2D eigenvalue weighted by Crippen LogP contribution is -2.31. The summed E-state index contributed by atoms with van der Waals surface area (Å²) in [6.07, 6.45) is -0.584. The van der Waals surface area contributed by atoms with Gasteiger partial charge in [0.05, 0.1) is 0 Å². The molecule has 0 aromatic carbocycles. The van der Waals surface area contributed by atoms with Gasteiger partial charge in [-0.1, -0.05) is 0 Å². The third-order valence-electron chi connectivity index (χ3n) is 4.28. The zero-order valence-electron chi connectivity index (χ0n) is 14.1. The Kier molecular flexibility index (Phi) is 6.94. The SMILES string of the molecule is CSCC[C@H](O)c1nc(CC2CCN(C)CC2)nn1CC(F)(F)F. The van der Waals surface area contributed by atoms with Crippen molar-refractivity contribution in [3.63, 3.8) is 0 Å². The molecule has 0 spiro atoms. The first-order chi connectivity index (χ1) is 11.3. The Morgan fingerprint density at radius 2 is 2.00 bits per heavy atom. The van der Waals surface area contributed by atoms with Crippen molar-refractivity contribution in [3.05, 3.63) is 11.6 Å². The van der Waals surface area contributed by atoms with Gasteiger partial charge in [0.25, 0.3) is 0 Å². The number of aliphatic hydroxyl groups is 1. The van der Waals surface area contributed by atoms with Gasteiger partial charge >= 0.3 is 6.18 Å². The van der Waals surface area contributed by atoms with Crippen LogP contribution in [0.2, 0.25) is 0 Å². The first kappa shape index (κ1) is 19.5. The van der Waals surface area contributed by atoms with Gasteiger partial charge < -0.3 is 10.0 Å². The predicted molar refractivity (Wildman–Crippen MR) is 88.0 cm³/mol. The molecule has 1 fully saturated rings. The Morgan fingerprint density at radius 3 is 2.58 bits per heavy atom. The lowest BCUT2D eigenvalue weighted by Gasteiger charge is -2.28. The van der Waals surface area contributed by atoms with Crippen molar-refractivity contribution >= 4 is 11.8 Å². The van der Waals surface area contributed by atoms with Crippen molar-refractivity contribution in [1.82, 2.24) is 19.7 Å². The van der Waals surface area contributed by atoms with E-state index >= 15 is 0 Å². The van der Waals surface area contributed by atoms with Crippen molar-refractivity contribution in [2.45, 2.75) is 44.5 Å².